The van der Waals surface area contributed by atoms with Gasteiger partial charge in [-0.1, -0.05) is 39.0 Å². The third-order valence-electron chi connectivity index (χ3n) is 6.50. The molecule has 1 aliphatic heterocycles. The van der Waals surface area contributed by atoms with Crippen LogP contribution in [-0.4, -0.2) is 28.9 Å². The molecule has 1 saturated heterocycles. The van der Waals surface area contributed by atoms with Gasteiger partial charge in [0.2, 0.25) is 0 Å². The Bertz CT molecular complexity index is 1340. The minimum absolute atomic E-state index is 0.0173. The van der Waals surface area contributed by atoms with Crippen molar-refractivity contribution in [2.45, 2.75) is 46.1 Å². The number of methoxy groups -OCH3 is 1. The van der Waals surface area contributed by atoms with Crippen LogP contribution in [0, 0.1) is 13.8 Å². The molecule has 1 N–H and O–H groups in total. The van der Waals surface area contributed by atoms with Crippen LogP contribution in [0.2, 0.25) is 0 Å². The fourth-order valence-corrected chi connectivity index (χ4v) is 4.30. The summed E-state index contributed by atoms with van der Waals surface area (Å²) >= 11 is 0. The summed E-state index contributed by atoms with van der Waals surface area (Å²) in [4.78, 5) is 32.7. The monoisotopic (exact) mass is 470 g/mol. The fraction of sp³-hybridized carbons (Fsp3) is 0.276. The topological polar surface area (TPSA) is 79.7 Å². The third kappa shape index (κ3) is 4.32. The summed E-state index contributed by atoms with van der Waals surface area (Å²) in [6.45, 7) is 10.1. The van der Waals surface area contributed by atoms with Gasteiger partial charge >= 0.3 is 0 Å². The number of aliphatic hydroxyl groups excluding tert-OH is 1. The molecule has 180 valence electrons. The Kier molecular flexibility index (Phi) is 6.24. The zero-order chi connectivity index (χ0) is 25.5. The number of nitrogens with zero attached hydrogens (tertiary/aromatic N) is 2. The van der Waals surface area contributed by atoms with E-state index < -0.39 is 17.7 Å². The maximum atomic E-state index is 13.4. The van der Waals surface area contributed by atoms with E-state index in [1.54, 1.807) is 30.5 Å². The average molecular weight is 471 g/mol. The molecule has 1 amide bonds. The molecular formula is C29H30N2O4. The molecule has 6 nitrogen and oxygen atoms in total. The summed E-state index contributed by atoms with van der Waals surface area (Å²) in [6, 6.07) is 15.5. The highest BCUT2D eigenvalue weighted by molar-refractivity contribution is 6.51. The first kappa shape index (κ1) is 24.2. The van der Waals surface area contributed by atoms with Crippen LogP contribution in [0.4, 0.5) is 5.69 Å². The van der Waals surface area contributed by atoms with Gasteiger partial charge in [-0.05, 0) is 72.4 Å². The minimum Gasteiger partial charge on any atom is -0.507 e. The number of pyridine rings is 1. The van der Waals surface area contributed by atoms with Crippen molar-refractivity contribution in [3.8, 4) is 5.75 Å². The summed E-state index contributed by atoms with van der Waals surface area (Å²) in [5, 5.41) is 11.6. The molecule has 0 radical (unpaired) electrons. The van der Waals surface area contributed by atoms with E-state index in [1.165, 1.54) is 12.0 Å². The average Bonchev–Trinajstić information content (AvgIpc) is 3.10. The number of amides is 1. The van der Waals surface area contributed by atoms with E-state index >= 15 is 0 Å². The molecule has 3 aromatic rings. The SMILES string of the molecule is COc1ccc(C(C)(C)C)cc1/C(O)=C1\C(=O)C(=O)N(c2ccc(C)c(C)c2)C1c1ccccn1. The normalized spacial score (nSPS) is 17.7. The number of ketones is 1. The van der Waals surface area contributed by atoms with Gasteiger partial charge in [-0.15, -0.1) is 0 Å². The predicted molar refractivity (Wildman–Crippen MR) is 137 cm³/mol. The van der Waals surface area contributed by atoms with E-state index in [-0.39, 0.29) is 16.7 Å². The second-order valence-corrected chi connectivity index (χ2v) is 9.86. The van der Waals surface area contributed by atoms with Gasteiger partial charge in [-0.2, -0.15) is 0 Å². The number of benzene rings is 2. The largest absolute Gasteiger partial charge is 0.507 e. The molecule has 1 atom stereocenters. The van der Waals surface area contributed by atoms with E-state index in [1.807, 2.05) is 44.2 Å². The molecule has 4 rings (SSSR count). The Morgan fingerprint density at radius 2 is 1.74 bits per heavy atom. The molecule has 1 aliphatic rings. The van der Waals surface area contributed by atoms with Gasteiger partial charge < -0.3 is 9.84 Å². The quantitative estimate of drug-likeness (QED) is 0.304. The van der Waals surface area contributed by atoms with Crippen molar-refractivity contribution in [3.05, 3.63) is 94.3 Å². The van der Waals surface area contributed by atoms with E-state index in [4.69, 9.17) is 4.74 Å². The number of carbonyl (C=O) groups is 2. The zero-order valence-corrected chi connectivity index (χ0v) is 20.9. The van der Waals surface area contributed by atoms with Gasteiger partial charge in [0.1, 0.15) is 17.6 Å². The molecule has 2 heterocycles. The number of anilines is 1. The van der Waals surface area contributed by atoms with Gasteiger partial charge in [-0.3, -0.25) is 19.5 Å². The van der Waals surface area contributed by atoms with E-state index in [2.05, 4.69) is 25.8 Å². The van der Waals surface area contributed by atoms with E-state index in [9.17, 15) is 14.7 Å². The highest BCUT2D eigenvalue weighted by atomic mass is 16.5. The summed E-state index contributed by atoms with van der Waals surface area (Å²) in [7, 11) is 1.51. The van der Waals surface area contributed by atoms with Crippen molar-refractivity contribution >= 4 is 23.1 Å². The van der Waals surface area contributed by atoms with Crippen LogP contribution in [0.1, 0.15) is 54.8 Å². The Morgan fingerprint density at radius 3 is 2.34 bits per heavy atom. The van der Waals surface area contributed by atoms with E-state index in [0.717, 1.165) is 16.7 Å². The number of aryl methyl sites for hydroxylation is 2. The van der Waals surface area contributed by atoms with Gasteiger partial charge in [-0.25, -0.2) is 0 Å². The molecule has 6 heteroatoms. The van der Waals surface area contributed by atoms with Crippen molar-refractivity contribution in [1.29, 1.82) is 0 Å². The van der Waals surface area contributed by atoms with Gasteiger partial charge in [0, 0.05) is 11.9 Å². The Hall–Kier alpha value is -3.93. The number of Topliss-reactive ketones (excluding diaryl/α,β-unsaturated/α-hetero) is 1. The lowest BCUT2D eigenvalue weighted by atomic mass is 9.85. The first-order valence-electron chi connectivity index (χ1n) is 11.5. The number of ether oxygens (including phenoxy) is 1. The number of hydrogen-bond donors (Lipinski definition) is 1. The number of aromatic nitrogens is 1. The Balaban J connectivity index is 1.99. The van der Waals surface area contributed by atoms with Crippen molar-refractivity contribution in [1.82, 2.24) is 4.98 Å². The summed E-state index contributed by atoms with van der Waals surface area (Å²) in [6.07, 6.45) is 1.61. The molecule has 1 aromatic heterocycles. The van der Waals surface area contributed by atoms with Gasteiger partial charge in [0.05, 0.1) is 23.9 Å². The summed E-state index contributed by atoms with van der Waals surface area (Å²) in [5.74, 6) is -1.35. The molecular weight excluding hydrogens is 440 g/mol. The summed E-state index contributed by atoms with van der Waals surface area (Å²) in [5.41, 5.74) is 4.21. The highest BCUT2D eigenvalue weighted by Crippen LogP contribution is 2.43. The van der Waals surface area contributed by atoms with Crippen LogP contribution in [0.5, 0.6) is 5.75 Å². The first-order valence-corrected chi connectivity index (χ1v) is 11.5. The maximum Gasteiger partial charge on any atom is 0.300 e. The second-order valence-electron chi connectivity index (χ2n) is 9.86. The fourth-order valence-electron chi connectivity index (χ4n) is 4.30. The Morgan fingerprint density at radius 1 is 1.00 bits per heavy atom. The predicted octanol–water partition coefficient (Wildman–Crippen LogP) is 5.63. The van der Waals surface area contributed by atoms with E-state index in [0.29, 0.717) is 22.7 Å². The van der Waals surface area contributed by atoms with Crippen LogP contribution in [-0.2, 0) is 15.0 Å². The van der Waals surface area contributed by atoms with Crippen molar-refractivity contribution < 1.29 is 19.4 Å². The second kappa shape index (κ2) is 9.02. The molecule has 2 aromatic carbocycles. The number of carbonyl (C=O) groups excluding carboxylic acids is 2. The van der Waals surface area contributed by atoms with Crippen LogP contribution in [0.25, 0.3) is 5.76 Å². The first-order chi connectivity index (χ1) is 16.5. The standard InChI is InChI=1S/C29H30N2O4/c1-17-10-12-20(15-18(17)2)31-25(22-9-7-8-14-30-22)24(27(33)28(31)34)26(32)21-16-19(29(3,4)5)11-13-23(21)35-6/h7-16,25,32H,1-6H3/b26-24+. The maximum absolute atomic E-state index is 13.4. The number of aliphatic hydroxyl groups is 1. The van der Waals surface area contributed by atoms with Crippen molar-refractivity contribution in [2.24, 2.45) is 0 Å². The number of rotatable bonds is 4. The molecule has 0 spiro atoms. The summed E-state index contributed by atoms with van der Waals surface area (Å²) < 4.78 is 5.52. The molecule has 35 heavy (non-hydrogen) atoms. The van der Waals surface area contributed by atoms with Crippen molar-refractivity contribution in [3.63, 3.8) is 0 Å². The van der Waals surface area contributed by atoms with Crippen molar-refractivity contribution in [2.75, 3.05) is 12.0 Å². The highest BCUT2D eigenvalue weighted by Gasteiger charge is 2.48. The van der Waals surface area contributed by atoms with Crippen LogP contribution in [0.15, 0.2) is 66.4 Å². The molecule has 0 aliphatic carbocycles. The molecule has 1 fully saturated rings. The minimum atomic E-state index is -0.888. The third-order valence-corrected chi connectivity index (χ3v) is 6.50. The smallest absolute Gasteiger partial charge is 0.300 e. The van der Waals surface area contributed by atoms with Gasteiger partial charge in [0.15, 0.2) is 0 Å². The van der Waals surface area contributed by atoms with Crippen LogP contribution >= 0.6 is 0 Å². The molecule has 1 unspecified atom stereocenters. The lowest BCUT2D eigenvalue weighted by Crippen LogP contribution is -2.30. The lowest BCUT2D eigenvalue weighted by Gasteiger charge is -2.25. The van der Waals surface area contributed by atoms with Crippen LogP contribution in [0.3, 0.4) is 0 Å². The number of hydrogen-bond acceptors (Lipinski definition) is 5. The lowest BCUT2D eigenvalue weighted by molar-refractivity contribution is -0.132. The zero-order valence-electron chi connectivity index (χ0n) is 20.9. The Labute approximate surface area is 205 Å². The van der Waals surface area contributed by atoms with Crippen LogP contribution < -0.4 is 9.64 Å². The molecule has 0 bridgehead atoms. The van der Waals surface area contributed by atoms with Gasteiger partial charge in [0.25, 0.3) is 11.7 Å². The molecule has 0 saturated carbocycles.